The number of nitrogens with zero attached hydrogens (tertiary/aromatic N) is 2. The molecule has 4 nitrogen and oxygen atoms in total. The minimum Gasteiger partial charge on any atom is -0.412 e. The summed E-state index contributed by atoms with van der Waals surface area (Å²) in [5.41, 5.74) is 3.16. The Labute approximate surface area is 109 Å². The monoisotopic (exact) mass is 259 g/mol. The second-order valence-electron chi connectivity index (χ2n) is 3.67. The molecule has 0 radical (unpaired) electrons. The lowest BCUT2D eigenvalue weighted by molar-refractivity contribution is 0.824. The van der Waals surface area contributed by atoms with Gasteiger partial charge in [0.1, 0.15) is 0 Å². The molecule has 92 valence electrons. The molecule has 0 unspecified atom stereocenters. The van der Waals surface area contributed by atoms with E-state index in [0.717, 1.165) is 27.6 Å². The summed E-state index contributed by atoms with van der Waals surface area (Å²) in [7, 11) is 0. The van der Waals surface area contributed by atoms with Crippen LogP contribution < -0.4 is 0 Å². The number of thioether (sulfide) groups is 1. The molecule has 0 atom stereocenters. The number of H-pyrrole nitrogens is 1. The molecule has 0 bridgehead atoms. The fraction of sp³-hybridized carbons (Fsp3) is 0.0769. The largest absolute Gasteiger partial charge is 0.412 e. The van der Waals surface area contributed by atoms with Crippen molar-refractivity contribution in [3.63, 3.8) is 0 Å². The van der Waals surface area contributed by atoms with Crippen LogP contribution in [0.5, 0.6) is 0 Å². The first-order chi connectivity index (χ1) is 8.42. The highest BCUT2D eigenvalue weighted by Crippen LogP contribution is 2.21. The topological polar surface area (TPSA) is 73.1 Å². The molecule has 0 aliphatic rings. The lowest BCUT2D eigenvalue weighted by Gasteiger charge is -1.96. The summed E-state index contributed by atoms with van der Waals surface area (Å²) in [5.74, 6) is 0.834. The van der Waals surface area contributed by atoms with Gasteiger partial charge in [0.25, 0.3) is 0 Å². The third kappa shape index (κ3) is 2.69. The first-order valence-corrected chi connectivity index (χ1v) is 6.38. The first-order valence-electron chi connectivity index (χ1n) is 5.39. The Morgan fingerprint density at radius 2 is 1.89 bits per heavy atom. The molecule has 0 amide bonds. The van der Waals surface area contributed by atoms with E-state index in [9.17, 15) is 0 Å². The highest BCUT2D eigenvalue weighted by Gasteiger charge is 2.02. The molecule has 3 rings (SSSR count). The van der Waals surface area contributed by atoms with E-state index in [1.807, 2.05) is 48.7 Å². The van der Waals surface area contributed by atoms with Crippen molar-refractivity contribution in [3.8, 4) is 0 Å². The summed E-state index contributed by atoms with van der Waals surface area (Å²) < 4.78 is 0. The molecular weight excluding hydrogens is 246 g/mol. The maximum Gasteiger partial charge on any atom is 0.166 e. The van der Waals surface area contributed by atoms with Crippen LogP contribution >= 0.6 is 11.8 Å². The van der Waals surface area contributed by atoms with Crippen LogP contribution in [0.1, 0.15) is 5.69 Å². The molecule has 0 saturated carbocycles. The third-order valence-electron chi connectivity index (χ3n) is 2.45. The van der Waals surface area contributed by atoms with E-state index in [2.05, 4.69) is 15.0 Å². The van der Waals surface area contributed by atoms with Gasteiger partial charge in [0, 0.05) is 11.9 Å². The van der Waals surface area contributed by atoms with E-state index in [1.54, 1.807) is 11.8 Å². The first kappa shape index (κ1) is 12.6. The molecule has 0 saturated heterocycles. The minimum atomic E-state index is 0. The van der Waals surface area contributed by atoms with Gasteiger partial charge >= 0.3 is 0 Å². The van der Waals surface area contributed by atoms with E-state index in [1.165, 1.54) is 0 Å². The number of benzene rings is 1. The molecule has 2 heterocycles. The number of nitrogens with one attached hydrogen (secondary N) is 1. The Hall–Kier alpha value is -1.85. The Morgan fingerprint density at radius 3 is 2.67 bits per heavy atom. The molecule has 0 aliphatic heterocycles. The van der Waals surface area contributed by atoms with Crippen molar-refractivity contribution in [2.45, 2.75) is 10.9 Å². The van der Waals surface area contributed by atoms with E-state index >= 15 is 0 Å². The van der Waals surface area contributed by atoms with Crippen molar-refractivity contribution in [2.75, 3.05) is 0 Å². The zero-order valence-corrected chi connectivity index (χ0v) is 10.4. The fourth-order valence-corrected chi connectivity index (χ4v) is 2.42. The molecule has 5 heteroatoms. The van der Waals surface area contributed by atoms with Crippen LogP contribution in [0.3, 0.4) is 0 Å². The standard InChI is InChI=1S/C13H11N3S.H2O/c1-2-7-12-11(6-1)15-13(16-12)17-9-10-5-3-4-8-14-10;/h1-8H,9H2,(H,15,16);1H2. The van der Waals surface area contributed by atoms with E-state index in [0.29, 0.717) is 0 Å². The third-order valence-corrected chi connectivity index (χ3v) is 3.36. The quantitative estimate of drug-likeness (QED) is 0.734. The van der Waals surface area contributed by atoms with Gasteiger partial charge in [0.05, 0.1) is 16.7 Å². The normalized spacial score (nSPS) is 10.2. The number of para-hydroxylation sites is 2. The number of imidazole rings is 1. The SMILES string of the molecule is O.c1ccc(CSc2nc3ccccc3[nH]2)nc1. The molecule has 18 heavy (non-hydrogen) atoms. The highest BCUT2D eigenvalue weighted by atomic mass is 32.2. The van der Waals surface area contributed by atoms with Crippen molar-refractivity contribution >= 4 is 22.8 Å². The second kappa shape index (κ2) is 5.66. The van der Waals surface area contributed by atoms with Crippen LogP contribution in [0, 0.1) is 0 Å². The molecule has 0 fully saturated rings. The number of aromatic amines is 1. The summed E-state index contributed by atoms with van der Waals surface area (Å²) in [4.78, 5) is 12.1. The van der Waals surface area contributed by atoms with E-state index < -0.39 is 0 Å². The molecule has 3 N–H and O–H groups in total. The second-order valence-corrected chi connectivity index (χ2v) is 4.63. The molecule has 1 aromatic carbocycles. The van der Waals surface area contributed by atoms with Crippen molar-refractivity contribution in [1.82, 2.24) is 15.0 Å². The van der Waals surface area contributed by atoms with Crippen LogP contribution in [0.2, 0.25) is 0 Å². The zero-order valence-electron chi connectivity index (χ0n) is 9.63. The van der Waals surface area contributed by atoms with Gasteiger partial charge < -0.3 is 10.5 Å². The van der Waals surface area contributed by atoms with Gasteiger partial charge in [-0.3, -0.25) is 4.98 Å². The average molecular weight is 259 g/mol. The van der Waals surface area contributed by atoms with Gasteiger partial charge in [0.15, 0.2) is 5.16 Å². The van der Waals surface area contributed by atoms with Crippen LogP contribution in [-0.2, 0) is 5.75 Å². The predicted octanol–water partition coefficient (Wildman–Crippen LogP) is 2.43. The fourth-order valence-electron chi connectivity index (χ4n) is 1.62. The number of aromatic nitrogens is 3. The van der Waals surface area contributed by atoms with Crippen molar-refractivity contribution < 1.29 is 5.48 Å². The average Bonchev–Trinajstić information content (AvgIpc) is 2.80. The van der Waals surface area contributed by atoms with Crippen molar-refractivity contribution in [1.29, 1.82) is 0 Å². The lowest BCUT2D eigenvalue weighted by Crippen LogP contribution is -1.85. The van der Waals surface area contributed by atoms with Gasteiger partial charge in [-0.2, -0.15) is 0 Å². The Kier molecular flexibility index (Phi) is 3.96. The molecule has 0 aliphatic carbocycles. The summed E-state index contributed by atoms with van der Waals surface area (Å²) in [6, 6.07) is 14.0. The highest BCUT2D eigenvalue weighted by molar-refractivity contribution is 7.98. The summed E-state index contributed by atoms with van der Waals surface area (Å²) in [5, 5.41) is 0.942. The zero-order chi connectivity index (χ0) is 11.5. The number of hydrogen-bond donors (Lipinski definition) is 1. The maximum atomic E-state index is 4.51. The molecular formula is C13H13N3OS. The Bertz CT molecular complexity index is 591. The van der Waals surface area contributed by atoms with E-state index in [4.69, 9.17) is 0 Å². The maximum absolute atomic E-state index is 4.51. The lowest BCUT2D eigenvalue weighted by atomic mass is 10.3. The molecule has 2 aromatic heterocycles. The Morgan fingerprint density at radius 1 is 1.06 bits per heavy atom. The van der Waals surface area contributed by atoms with Crippen molar-refractivity contribution in [3.05, 3.63) is 54.4 Å². The summed E-state index contributed by atoms with van der Waals surface area (Å²) in [6.45, 7) is 0. The Balaban J connectivity index is 0.00000120. The van der Waals surface area contributed by atoms with Crippen LogP contribution in [0.15, 0.2) is 53.8 Å². The molecule has 0 spiro atoms. The number of rotatable bonds is 3. The number of fused-ring (bicyclic) bond motifs is 1. The van der Waals surface area contributed by atoms with Gasteiger partial charge in [-0.25, -0.2) is 4.98 Å². The van der Waals surface area contributed by atoms with Crippen LogP contribution in [-0.4, -0.2) is 20.4 Å². The smallest absolute Gasteiger partial charge is 0.166 e. The summed E-state index contributed by atoms with van der Waals surface area (Å²) in [6.07, 6.45) is 1.81. The van der Waals surface area contributed by atoms with E-state index in [-0.39, 0.29) is 5.48 Å². The predicted molar refractivity (Wildman–Crippen MR) is 73.5 cm³/mol. The summed E-state index contributed by atoms with van der Waals surface area (Å²) >= 11 is 1.67. The van der Waals surface area contributed by atoms with Crippen LogP contribution in [0.4, 0.5) is 0 Å². The number of hydrogen-bond acceptors (Lipinski definition) is 3. The number of pyridine rings is 1. The van der Waals surface area contributed by atoms with Gasteiger partial charge in [-0.15, -0.1) is 0 Å². The van der Waals surface area contributed by atoms with Crippen molar-refractivity contribution in [2.24, 2.45) is 0 Å². The van der Waals surface area contributed by atoms with Gasteiger partial charge in [0.2, 0.25) is 0 Å². The van der Waals surface area contributed by atoms with Crippen LogP contribution in [0.25, 0.3) is 11.0 Å². The van der Waals surface area contributed by atoms with Gasteiger partial charge in [-0.1, -0.05) is 30.0 Å². The van der Waals surface area contributed by atoms with Gasteiger partial charge in [-0.05, 0) is 24.3 Å². The minimum absolute atomic E-state index is 0. The molecule has 3 aromatic rings.